The van der Waals surface area contributed by atoms with Gasteiger partial charge in [-0.15, -0.1) is 12.3 Å². The zero-order valence-electron chi connectivity index (χ0n) is 12.1. The molecule has 0 aliphatic rings. The van der Waals surface area contributed by atoms with E-state index in [9.17, 15) is 8.42 Å². The Morgan fingerprint density at radius 2 is 1.73 bits per heavy atom. The van der Waals surface area contributed by atoms with Gasteiger partial charge in [0.05, 0.1) is 4.90 Å². The fraction of sp³-hybridized carbons (Fsp3) is 0.176. The lowest BCUT2D eigenvalue weighted by atomic mass is 10.0. The van der Waals surface area contributed by atoms with Crippen LogP contribution in [0.2, 0.25) is 0 Å². The fourth-order valence-electron chi connectivity index (χ4n) is 2.03. The number of hydrogen-bond acceptors (Lipinski definition) is 2. The number of alkyl halides is 1. The molecule has 114 valence electrons. The number of nitrogens with one attached hydrogen (secondary N) is 1. The van der Waals surface area contributed by atoms with Crippen LogP contribution in [0.3, 0.4) is 0 Å². The molecule has 3 nitrogen and oxygen atoms in total. The van der Waals surface area contributed by atoms with E-state index in [1.54, 1.807) is 36.4 Å². The highest BCUT2D eigenvalue weighted by Gasteiger charge is 2.34. The second kappa shape index (κ2) is 6.53. The number of hydrogen-bond donors (Lipinski definition) is 1. The van der Waals surface area contributed by atoms with E-state index in [1.165, 1.54) is 12.1 Å². The third-order valence-electron chi connectivity index (χ3n) is 3.20. The molecule has 0 saturated carbocycles. The van der Waals surface area contributed by atoms with E-state index in [0.29, 0.717) is 5.56 Å². The van der Waals surface area contributed by atoms with Crippen molar-refractivity contribution in [1.29, 1.82) is 0 Å². The van der Waals surface area contributed by atoms with Gasteiger partial charge in [-0.25, -0.2) is 8.42 Å². The Balaban J connectivity index is 2.39. The summed E-state index contributed by atoms with van der Waals surface area (Å²) in [6.45, 7) is 1.89. The number of aryl methyl sites for hydroxylation is 1. The van der Waals surface area contributed by atoms with Gasteiger partial charge < -0.3 is 0 Å². The van der Waals surface area contributed by atoms with Crippen LogP contribution in [-0.4, -0.2) is 8.42 Å². The zero-order chi connectivity index (χ0) is 16.2. The molecule has 0 heterocycles. The molecule has 0 amide bonds. The Labute approximate surface area is 136 Å². The van der Waals surface area contributed by atoms with Crippen LogP contribution >= 0.6 is 11.6 Å². The summed E-state index contributed by atoms with van der Waals surface area (Å²) in [6.07, 6.45) is 5.39. The molecule has 5 heteroatoms. The van der Waals surface area contributed by atoms with Gasteiger partial charge in [-0.3, -0.25) is 0 Å². The van der Waals surface area contributed by atoms with Gasteiger partial charge >= 0.3 is 0 Å². The maximum absolute atomic E-state index is 12.5. The minimum Gasteiger partial charge on any atom is -0.207 e. The highest BCUT2D eigenvalue weighted by molar-refractivity contribution is 7.89. The number of halogens is 1. The molecule has 0 bridgehead atoms. The van der Waals surface area contributed by atoms with E-state index in [4.69, 9.17) is 18.0 Å². The van der Waals surface area contributed by atoms with Gasteiger partial charge in [0.15, 0.2) is 0 Å². The van der Waals surface area contributed by atoms with E-state index < -0.39 is 15.0 Å². The van der Waals surface area contributed by atoms with Crippen molar-refractivity contribution in [2.75, 3.05) is 0 Å². The Morgan fingerprint density at radius 1 is 1.14 bits per heavy atom. The van der Waals surface area contributed by atoms with Crippen molar-refractivity contribution in [1.82, 2.24) is 4.72 Å². The smallest absolute Gasteiger partial charge is 0.207 e. The normalized spacial score (nSPS) is 14.0. The van der Waals surface area contributed by atoms with Crippen LogP contribution in [0.5, 0.6) is 0 Å². The van der Waals surface area contributed by atoms with Crippen LogP contribution in [0, 0.1) is 19.3 Å². The first-order chi connectivity index (χ1) is 10.4. The molecule has 22 heavy (non-hydrogen) atoms. The molecule has 0 spiro atoms. The predicted molar refractivity (Wildman–Crippen MR) is 88.9 cm³/mol. The van der Waals surface area contributed by atoms with E-state index >= 15 is 0 Å². The molecule has 0 aromatic heterocycles. The third kappa shape index (κ3) is 3.69. The maximum Gasteiger partial charge on any atom is 0.242 e. The molecule has 0 radical (unpaired) electrons. The monoisotopic (exact) mass is 333 g/mol. The molecule has 1 N–H and O–H groups in total. The van der Waals surface area contributed by atoms with Crippen molar-refractivity contribution in [3.63, 3.8) is 0 Å². The maximum atomic E-state index is 12.5. The van der Waals surface area contributed by atoms with Gasteiger partial charge in [0, 0.05) is 6.42 Å². The van der Waals surface area contributed by atoms with Gasteiger partial charge in [-0.1, -0.05) is 59.6 Å². The largest absolute Gasteiger partial charge is 0.242 e. The van der Waals surface area contributed by atoms with Crippen LogP contribution in [-0.2, 0) is 15.0 Å². The first kappa shape index (κ1) is 16.6. The van der Waals surface area contributed by atoms with Crippen molar-refractivity contribution >= 4 is 21.6 Å². The summed E-state index contributed by atoms with van der Waals surface area (Å²) in [5.41, 5.74) is 1.58. The molecule has 0 fully saturated rings. The number of rotatable bonds is 5. The van der Waals surface area contributed by atoms with Crippen LogP contribution in [0.25, 0.3) is 0 Å². The van der Waals surface area contributed by atoms with Gasteiger partial charge in [0.2, 0.25) is 10.0 Å². The molecule has 0 saturated heterocycles. The summed E-state index contributed by atoms with van der Waals surface area (Å²) < 4.78 is 27.6. The first-order valence-electron chi connectivity index (χ1n) is 6.66. The SMILES string of the molecule is C#CCC(Cl)(NS(=O)(=O)c1ccc(C)cc1)c1ccccc1. The zero-order valence-corrected chi connectivity index (χ0v) is 13.7. The summed E-state index contributed by atoms with van der Waals surface area (Å²) in [7, 11) is -3.78. The first-order valence-corrected chi connectivity index (χ1v) is 8.52. The van der Waals surface area contributed by atoms with Gasteiger partial charge in [0.25, 0.3) is 0 Å². The second-order valence-corrected chi connectivity index (χ2v) is 7.29. The lowest BCUT2D eigenvalue weighted by Crippen LogP contribution is -2.41. The average Bonchev–Trinajstić information content (AvgIpc) is 2.48. The number of sulfonamides is 1. The molecular weight excluding hydrogens is 318 g/mol. The Hall–Kier alpha value is -1.80. The molecule has 1 unspecified atom stereocenters. The Morgan fingerprint density at radius 3 is 2.27 bits per heavy atom. The van der Waals surface area contributed by atoms with Crippen LogP contribution in [0.15, 0.2) is 59.5 Å². The van der Waals surface area contributed by atoms with E-state index in [2.05, 4.69) is 10.6 Å². The second-order valence-electron chi connectivity index (χ2n) is 4.97. The molecule has 2 aromatic carbocycles. The Kier molecular flexibility index (Phi) is 4.92. The molecule has 1 atom stereocenters. The van der Waals surface area contributed by atoms with Crippen molar-refractivity contribution in [3.05, 3.63) is 65.7 Å². The summed E-state index contributed by atoms with van der Waals surface area (Å²) >= 11 is 6.50. The average molecular weight is 334 g/mol. The van der Waals surface area contributed by atoms with Crippen molar-refractivity contribution in [3.8, 4) is 12.3 Å². The predicted octanol–water partition coefficient (Wildman–Crippen LogP) is 3.39. The van der Waals surface area contributed by atoms with Crippen LogP contribution in [0.1, 0.15) is 17.5 Å². The standard InChI is InChI=1S/C17H16ClNO2S/c1-3-13-17(18,15-7-5-4-6-8-15)19-22(20,21)16-11-9-14(2)10-12-16/h1,4-12,19H,13H2,2H3. The summed E-state index contributed by atoms with van der Waals surface area (Å²) in [5.74, 6) is 2.43. The highest BCUT2D eigenvalue weighted by atomic mass is 35.5. The molecule has 0 aliphatic carbocycles. The van der Waals surface area contributed by atoms with Crippen LogP contribution in [0.4, 0.5) is 0 Å². The van der Waals surface area contributed by atoms with Gasteiger partial charge in [-0.2, -0.15) is 4.72 Å². The third-order valence-corrected chi connectivity index (χ3v) is 5.27. The molecule has 0 aliphatic heterocycles. The minimum atomic E-state index is -3.78. The van der Waals surface area contributed by atoms with E-state index in [1.807, 2.05) is 13.0 Å². The molecule has 2 rings (SSSR count). The number of benzene rings is 2. The lowest BCUT2D eigenvalue weighted by molar-refractivity contribution is 0.533. The summed E-state index contributed by atoms with van der Waals surface area (Å²) in [5, 5.41) is 0. The van der Waals surface area contributed by atoms with Crippen molar-refractivity contribution in [2.45, 2.75) is 23.2 Å². The van der Waals surface area contributed by atoms with E-state index in [0.717, 1.165) is 5.56 Å². The lowest BCUT2D eigenvalue weighted by Gasteiger charge is -2.26. The summed E-state index contributed by atoms with van der Waals surface area (Å²) in [6, 6.07) is 15.4. The van der Waals surface area contributed by atoms with Gasteiger partial charge in [-0.05, 0) is 24.6 Å². The minimum absolute atomic E-state index is 0.0314. The highest BCUT2D eigenvalue weighted by Crippen LogP contribution is 2.31. The number of terminal acetylenes is 1. The van der Waals surface area contributed by atoms with Crippen molar-refractivity contribution < 1.29 is 8.42 Å². The molecular formula is C17H16ClNO2S. The topological polar surface area (TPSA) is 46.2 Å². The van der Waals surface area contributed by atoms with Gasteiger partial charge in [0.1, 0.15) is 5.00 Å². The fourth-order valence-corrected chi connectivity index (χ4v) is 3.77. The molecule has 2 aromatic rings. The quantitative estimate of drug-likeness (QED) is 0.518. The Bertz CT molecular complexity index is 780. The van der Waals surface area contributed by atoms with Crippen LogP contribution < -0.4 is 4.72 Å². The summed E-state index contributed by atoms with van der Waals surface area (Å²) in [4.78, 5) is -1.23. The van der Waals surface area contributed by atoms with E-state index in [-0.39, 0.29) is 11.3 Å². The van der Waals surface area contributed by atoms with Crippen molar-refractivity contribution in [2.24, 2.45) is 0 Å².